The summed E-state index contributed by atoms with van der Waals surface area (Å²) in [6, 6.07) is 4.02. The van der Waals surface area contributed by atoms with Crippen LogP contribution in [0.15, 0.2) is 21.3 Å². The molecule has 1 aliphatic heterocycles. The van der Waals surface area contributed by atoms with Gasteiger partial charge < -0.3 is 10.6 Å². The second-order valence-electron chi connectivity index (χ2n) is 5.11. The smallest absolute Gasteiger partial charge is 0.273 e. The number of hydrogen-bond donors (Lipinski definition) is 1. The Bertz CT molecular complexity index is 632. The third-order valence-electron chi connectivity index (χ3n) is 3.74. The zero-order valence-corrected chi connectivity index (χ0v) is 14.6. The number of piperidine rings is 1. The van der Waals surface area contributed by atoms with Crippen molar-refractivity contribution >= 4 is 44.5 Å². The monoisotopic (exact) mass is 385 g/mol. The van der Waals surface area contributed by atoms with Gasteiger partial charge in [0, 0.05) is 18.5 Å². The summed E-state index contributed by atoms with van der Waals surface area (Å²) < 4.78 is 1.07. The van der Waals surface area contributed by atoms with Crippen LogP contribution in [0, 0.1) is 5.92 Å². The first-order valence-electron chi connectivity index (χ1n) is 6.88. The SMILES string of the molecule is NCC1CCN(C(=O)c2csc(-c3ccc(Br)s3)n2)CC1. The molecule has 0 unspecified atom stereocenters. The Morgan fingerprint density at radius 2 is 2.19 bits per heavy atom. The second kappa shape index (κ2) is 6.56. The molecule has 0 spiro atoms. The molecule has 3 rings (SSSR count). The van der Waals surface area contributed by atoms with E-state index in [1.165, 1.54) is 11.3 Å². The number of carbonyl (C=O) groups is 1. The van der Waals surface area contributed by atoms with Crippen LogP contribution in [0.3, 0.4) is 0 Å². The summed E-state index contributed by atoms with van der Waals surface area (Å²) >= 11 is 6.60. The minimum absolute atomic E-state index is 0.0450. The first-order chi connectivity index (χ1) is 10.2. The lowest BCUT2D eigenvalue weighted by Gasteiger charge is -2.30. The molecule has 112 valence electrons. The van der Waals surface area contributed by atoms with Crippen molar-refractivity contribution < 1.29 is 4.79 Å². The van der Waals surface area contributed by atoms with E-state index >= 15 is 0 Å². The summed E-state index contributed by atoms with van der Waals surface area (Å²) in [5, 5.41) is 2.77. The molecule has 1 fully saturated rings. The molecule has 0 aromatic carbocycles. The van der Waals surface area contributed by atoms with E-state index in [9.17, 15) is 4.79 Å². The molecule has 0 aliphatic carbocycles. The van der Waals surface area contributed by atoms with Crippen LogP contribution in [-0.4, -0.2) is 35.4 Å². The third kappa shape index (κ3) is 3.36. The molecule has 2 N–H and O–H groups in total. The highest BCUT2D eigenvalue weighted by molar-refractivity contribution is 9.11. The molecule has 3 heterocycles. The van der Waals surface area contributed by atoms with Crippen molar-refractivity contribution in [1.29, 1.82) is 0 Å². The van der Waals surface area contributed by atoms with E-state index in [4.69, 9.17) is 5.73 Å². The summed E-state index contributed by atoms with van der Waals surface area (Å²) in [4.78, 5) is 20.0. The van der Waals surface area contributed by atoms with Crippen molar-refractivity contribution in [2.24, 2.45) is 11.7 Å². The number of carbonyl (C=O) groups excluding carboxylic acids is 1. The second-order valence-corrected chi connectivity index (χ2v) is 8.43. The van der Waals surface area contributed by atoms with Crippen molar-refractivity contribution in [3.63, 3.8) is 0 Å². The number of thiophene rings is 1. The molecule has 7 heteroatoms. The maximum Gasteiger partial charge on any atom is 0.273 e. The van der Waals surface area contributed by atoms with Crippen LogP contribution in [0.25, 0.3) is 9.88 Å². The highest BCUT2D eigenvalue weighted by Crippen LogP contribution is 2.33. The van der Waals surface area contributed by atoms with Crippen molar-refractivity contribution in [3.8, 4) is 9.88 Å². The van der Waals surface area contributed by atoms with E-state index in [1.54, 1.807) is 11.3 Å². The van der Waals surface area contributed by atoms with Crippen LogP contribution < -0.4 is 5.73 Å². The largest absolute Gasteiger partial charge is 0.337 e. The molecule has 4 nitrogen and oxygen atoms in total. The number of thiazole rings is 1. The first kappa shape index (κ1) is 15.1. The van der Waals surface area contributed by atoms with Gasteiger partial charge in [-0.15, -0.1) is 22.7 Å². The zero-order chi connectivity index (χ0) is 14.8. The van der Waals surface area contributed by atoms with Crippen LogP contribution in [0.4, 0.5) is 0 Å². The Morgan fingerprint density at radius 1 is 1.43 bits per heavy atom. The van der Waals surface area contributed by atoms with Gasteiger partial charge in [0.25, 0.3) is 5.91 Å². The highest BCUT2D eigenvalue weighted by atomic mass is 79.9. The predicted octanol–water partition coefficient (Wildman–Crippen LogP) is 3.45. The molecule has 1 saturated heterocycles. The lowest BCUT2D eigenvalue weighted by atomic mass is 9.97. The Hall–Kier alpha value is -0.760. The van der Waals surface area contributed by atoms with E-state index in [0.717, 1.165) is 46.1 Å². The number of halogens is 1. The topological polar surface area (TPSA) is 59.2 Å². The minimum Gasteiger partial charge on any atom is -0.337 e. The van der Waals surface area contributed by atoms with Gasteiger partial charge in [0.1, 0.15) is 10.7 Å². The van der Waals surface area contributed by atoms with E-state index in [0.29, 0.717) is 11.6 Å². The van der Waals surface area contributed by atoms with Crippen molar-refractivity contribution in [2.75, 3.05) is 19.6 Å². The number of likely N-dealkylation sites (tertiary alicyclic amines) is 1. The molecule has 1 aliphatic rings. The summed E-state index contributed by atoms with van der Waals surface area (Å²) in [7, 11) is 0. The van der Waals surface area contributed by atoms with Crippen molar-refractivity contribution in [1.82, 2.24) is 9.88 Å². The fourth-order valence-corrected chi connectivity index (χ4v) is 4.70. The van der Waals surface area contributed by atoms with E-state index < -0.39 is 0 Å². The van der Waals surface area contributed by atoms with Crippen molar-refractivity contribution in [2.45, 2.75) is 12.8 Å². The molecule has 1 amide bonds. The van der Waals surface area contributed by atoms with Gasteiger partial charge in [0.05, 0.1) is 8.66 Å². The molecule has 21 heavy (non-hydrogen) atoms. The maximum atomic E-state index is 12.5. The van der Waals surface area contributed by atoms with Crippen LogP contribution in [-0.2, 0) is 0 Å². The van der Waals surface area contributed by atoms with E-state index in [-0.39, 0.29) is 5.91 Å². The number of amides is 1. The van der Waals surface area contributed by atoms with E-state index in [1.807, 2.05) is 22.4 Å². The number of nitrogens with two attached hydrogens (primary N) is 1. The first-order valence-corrected chi connectivity index (χ1v) is 9.37. The van der Waals surface area contributed by atoms with Gasteiger partial charge in [-0.3, -0.25) is 4.79 Å². The summed E-state index contributed by atoms with van der Waals surface area (Å²) in [5.41, 5.74) is 6.25. The van der Waals surface area contributed by atoms with Gasteiger partial charge >= 0.3 is 0 Å². The maximum absolute atomic E-state index is 12.5. The fourth-order valence-electron chi connectivity index (χ4n) is 2.45. The molecule has 2 aromatic heterocycles. The average Bonchev–Trinajstić information content (AvgIpc) is 3.15. The van der Waals surface area contributed by atoms with E-state index in [2.05, 4.69) is 20.9 Å². The van der Waals surface area contributed by atoms with Crippen LogP contribution >= 0.6 is 38.6 Å². The lowest BCUT2D eigenvalue weighted by Crippen LogP contribution is -2.40. The number of nitrogens with zero attached hydrogens (tertiary/aromatic N) is 2. The van der Waals surface area contributed by atoms with Crippen LogP contribution in [0.1, 0.15) is 23.3 Å². The Labute approximate surface area is 140 Å². The molecular weight excluding hydrogens is 370 g/mol. The minimum atomic E-state index is 0.0450. The number of aromatic nitrogens is 1. The molecular formula is C14H16BrN3OS2. The van der Waals surface area contributed by atoms with Gasteiger partial charge in [-0.1, -0.05) is 0 Å². The van der Waals surface area contributed by atoms with Gasteiger partial charge in [-0.2, -0.15) is 0 Å². The van der Waals surface area contributed by atoms with Gasteiger partial charge in [-0.25, -0.2) is 4.98 Å². The lowest BCUT2D eigenvalue weighted by molar-refractivity contribution is 0.0688. The molecule has 0 radical (unpaired) electrons. The van der Waals surface area contributed by atoms with Gasteiger partial charge in [-0.05, 0) is 53.4 Å². The number of rotatable bonds is 3. The summed E-state index contributed by atoms with van der Waals surface area (Å²) in [5.74, 6) is 0.604. The summed E-state index contributed by atoms with van der Waals surface area (Å²) in [6.45, 7) is 2.30. The van der Waals surface area contributed by atoms with Crippen LogP contribution in [0.5, 0.6) is 0 Å². The van der Waals surface area contributed by atoms with Crippen molar-refractivity contribution in [3.05, 3.63) is 27.0 Å². The summed E-state index contributed by atoms with van der Waals surface area (Å²) in [6.07, 6.45) is 1.99. The number of hydrogen-bond acceptors (Lipinski definition) is 5. The van der Waals surface area contributed by atoms with Crippen LogP contribution in [0.2, 0.25) is 0 Å². The highest BCUT2D eigenvalue weighted by Gasteiger charge is 2.24. The quantitative estimate of drug-likeness (QED) is 0.879. The predicted molar refractivity (Wildman–Crippen MR) is 90.8 cm³/mol. The zero-order valence-electron chi connectivity index (χ0n) is 11.4. The molecule has 0 bridgehead atoms. The Morgan fingerprint density at radius 3 is 2.81 bits per heavy atom. The third-order valence-corrected chi connectivity index (χ3v) is 6.38. The Balaban J connectivity index is 1.70. The molecule has 0 atom stereocenters. The fraction of sp³-hybridized carbons (Fsp3) is 0.429. The normalized spacial score (nSPS) is 16.4. The average molecular weight is 386 g/mol. The van der Waals surface area contributed by atoms with Gasteiger partial charge in [0.2, 0.25) is 0 Å². The van der Waals surface area contributed by atoms with Gasteiger partial charge in [0.15, 0.2) is 0 Å². The molecule has 0 saturated carbocycles. The standard InChI is InChI=1S/C14H16BrN3OS2/c15-12-2-1-11(21-12)13-17-10(8-20-13)14(19)18-5-3-9(7-16)4-6-18/h1-2,8-9H,3-7,16H2. The Kier molecular flexibility index (Phi) is 4.73. The molecule has 2 aromatic rings.